The smallest absolute Gasteiger partial charge is 0.326 e. The molecule has 0 aromatic carbocycles. The monoisotopic (exact) mass is 269 g/mol. The number of carbonyl (C=O) groups is 2. The second kappa shape index (κ2) is 9.20. The minimum absolute atomic E-state index is 0.274. The highest BCUT2D eigenvalue weighted by molar-refractivity contribution is 5.82. The van der Waals surface area contributed by atoms with Crippen molar-refractivity contribution in [2.24, 2.45) is 5.92 Å². The Morgan fingerprint density at radius 3 is 2.47 bits per heavy atom. The molecule has 0 aliphatic heterocycles. The molecule has 2 amide bonds. The average molecular weight is 269 g/mol. The molecule has 1 unspecified atom stereocenters. The number of nitrogens with one attached hydrogen (secondary N) is 1. The van der Waals surface area contributed by atoms with E-state index in [1.807, 2.05) is 6.92 Å². The highest BCUT2D eigenvalue weighted by Gasteiger charge is 2.22. The van der Waals surface area contributed by atoms with Crippen molar-refractivity contribution in [3.63, 3.8) is 0 Å². The van der Waals surface area contributed by atoms with Crippen LogP contribution in [0.1, 0.15) is 40.0 Å². The van der Waals surface area contributed by atoms with E-state index in [0.29, 0.717) is 19.5 Å². The van der Waals surface area contributed by atoms with Gasteiger partial charge in [0.05, 0.1) is 12.0 Å². The van der Waals surface area contributed by atoms with Crippen molar-refractivity contribution in [3.05, 3.63) is 0 Å². The van der Waals surface area contributed by atoms with Crippen LogP contribution in [0.4, 0.5) is 4.79 Å². The van der Waals surface area contributed by atoms with Crippen LogP contribution in [0.3, 0.4) is 0 Å². The van der Waals surface area contributed by atoms with E-state index in [-0.39, 0.29) is 5.92 Å². The molecule has 0 rings (SSSR count). The van der Waals surface area contributed by atoms with E-state index in [0.717, 1.165) is 12.8 Å². The van der Waals surface area contributed by atoms with Crippen LogP contribution in [0.5, 0.6) is 0 Å². The van der Waals surface area contributed by atoms with Gasteiger partial charge in [0.25, 0.3) is 0 Å². The fourth-order valence-corrected chi connectivity index (χ4v) is 1.63. The SMILES string of the molecule is CCCC[C@H](NC(=O)N(CC)CC(C)C#N)C(=O)O. The van der Waals surface area contributed by atoms with Gasteiger partial charge >= 0.3 is 12.0 Å². The molecule has 0 spiro atoms. The molecule has 2 atom stereocenters. The van der Waals surface area contributed by atoms with Crippen molar-refractivity contribution in [1.82, 2.24) is 10.2 Å². The Labute approximate surface area is 114 Å². The van der Waals surface area contributed by atoms with E-state index in [9.17, 15) is 9.59 Å². The summed E-state index contributed by atoms with van der Waals surface area (Å²) in [5, 5.41) is 20.3. The maximum absolute atomic E-state index is 11.9. The minimum Gasteiger partial charge on any atom is -0.480 e. The number of rotatable bonds is 8. The number of urea groups is 1. The third-order valence-electron chi connectivity index (χ3n) is 2.83. The molecule has 0 aromatic rings. The molecular formula is C13H23N3O3. The lowest BCUT2D eigenvalue weighted by Gasteiger charge is -2.24. The van der Waals surface area contributed by atoms with Gasteiger partial charge in [-0.25, -0.2) is 9.59 Å². The summed E-state index contributed by atoms with van der Waals surface area (Å²) in [5.41, 5.74) is 0. The van der Waals surface area contributed by atoms with Gasteiger partial charge in [-0.1, -0.05) is 19.8 Å². The lowest BCUT2D eigenvalue weighted by molar-refractivity contribution is -0.139. The summed E-state index contributed by atoms with van der Waals surface area (Å²) in [6.45, 7) is 6.23. The van der Waals surface area contributed by atoms with E-state index < -0.39 is 18.0 Å². The van der Waals surface area contributed by atoms with Crippen molar-refractivity contribution in [3.8, 4) is 6.07 Å². The topological polar surface area (TPSA) is 93.4 Å². The summed E-state index contributed by atoms with van der Waals surface area (Å²) in [5.74, 6) is -1.30. The van der Waals surface area contributed by atoms with Crippen molar-refractivity contribution < 1.29 is 14.7 Å². The molecular weight excluding hydrogens is 246 g/mol. The first-order valence-corrected chi connectivity index (χ1v) is 6.64. The standard InChI is InChI=1S/C13H23N3O3/c1-4-6-7-11(12(17)18)15-13(19)16(5-2)9-10(3)8-14/h10-11H,4-7,9H2,1-3H3,(H,15,19)(H,17,18)/t10?,11-/m0/s1. The first-order chi connectivity index (χ1) is 8.96. The number of nitriles is 1. The van der Waals surface area contributed by atoms with Gasteiger partial charge < -0.3 is 15.3 Å². The third-order valence-corrected chi connectivity index (χ3v) is 2.83. The third kappa shape index (κ3) is 6.65. The zero-order chi connectivity index (χ0) is 14.8. The van der Waals surface area contributed by atoms with Gasteiger partial charge in [-0.3, -0.25) is 0 Å². The number of amides is 2. The summed E-state index contributed by atoms with van der Waals surface area (Å²) >= 11 is 0. The molecule has 19 heavy (non-hydrogen) atoms. The zero-order valence-corrected chi connectivity index (χ0v) is 11.8. The molecule has 0 aromatic heterocycles. The molecule has 0 bridgehead atoms. The predicted octanol–water partition coefficient (Wildman–Crippen LogP) is 1.82. The van der Waals surface area contributed by atoms with E-state index in [1.54, 1.807) is 13.8 Å². The van der Waals surface area contributed by atoms with Crippen molar-refractivity contribution >= 4 is 12.0 Å². The summed E-state index contributed by atoms with van der Waals surface area (Å²) in [4.78, 5) is 24.4. The quantitative estimate of drug-likeness (QED) is 0.702. The summed E-state index contributed by atoms with van der Waals surface area (Å²) in [6.07, 6.45) is 2.05. The van der Waals surface area contributed by atoms with Crippen LogP contribution in [0, 0.1) is 17.2 Å². The van der Waals surface area contributed by atoms with Crippen molar-refractivity contribution in [1.29, 1.82) is 5.26 Å². The maximum atomic E-state index is 11.9. The molecule has 0 saturated heterocycles. The molecule has 2 N–H and O–H groups in total. The molecule has 6 nitrogen and oxygen atoms in total. The van der Waals surface area contributed by atoms with Crippen LogP contribution in [-0.4, -0.2) is 41.1 Å². The Morgan fingerprint density at radius 2 is 2.05 bits per heavy atom. The Hall–Kier alpha value is -1.77. The van der Waals surface area contributed by atoms with Gasteiger partial charge in [0, 0.05) is 13.1 Å². The number of carboxylic acid groups (broad SMARTS) is 1. The van der Waals surface area contributed by atoms with Gasteiger partial charge in [0.1, 0.15) is 6.04 Å². The first-order valence-electron chi connectivity index (χ1n) is 6.64. The normalized spacial score (nSPS) is 13.2. The molecule has 6 heteroatoms. The highest BCUT2D eigenvalue weighted by atomic mass is 16.4. The first kappa shape index (κ1) is 17.2. The Bertz CT molecular complexity index is 339. The zero-order valence-electron chi connectivity index (χ0n) is 11.8. The van der Waals surface area contributed by atoms with Crippen LogP contribution in [-0.2, 0) is 4.79 Å². The van der Waals surface area contributed by atoms with Crippen LogP contribution >= 0.6 is 0 Å². The lowest BCUT2D eigenvalue weighted by Crippen LogP contribution is -2.48. The van der Waals surface area contributed by atoms with Gasteiger partial charge in [-0.15, -0.1) is 0 Å². The number of unbranched alkanes of at least 4 members (excludes halogenated alkanes) is 1. The number of carbonyl (C=O) groups excluding carboxylic acids is 1. The Balaban J connectivity index is 4.51. The molecule has 0 aliphatic carbocycles. The van der Waals surface area contributed by atoms with Crippen LogP contribution < -0.4 is 5.32 Å². The fraction of sp³-hybridized carbons (Fsp3) is 0.769. The van der Waals surface area contributed by atoms with Crippen LogP contribution in [0.25, 0.3) is 0 Å². The number of carboxylic acids is 1. The van der Waals surface area contributed by atoms with Gasteiger partial charge in [-0.2, -0.15) is 5.26 Å². The molecule has 0 radical (unpaired) electrons. The van der Waals surface area contributed by atoms with Gasteiger partial charge in [-0.05, 0) is 20.3 Å². The molecule has 0 fully saturated rings. The van der Waals surface area contributed by atoms with E-state index in [1.165, 1.54) is 4.90 Å². The summed E-state index contributed by atoms with van der Waals surface area (Å²) < 4.78 is 0. The van der Waals surface area contributed by atoms with Crippen molar-refractivity contribution in [2.45, 2.75) is 46.1 Å². The number of hydrogen-bond acceptors (Lipinski definition) is 3. The van der Waals surface area contributed by atoms with Crippen LogP contribution in [0.15, 0.2) is 0 Å². The largest absolute Gasteiger partial charge is 0.480 e. The van der Waals surface area contributed by atoms with Gasteiger partial charge in [0.15, 0.2) is 0 Å². The van der Waals surface area contributed by atoms with E-state index in [4.69, 9.17) is 10.4 Å². The lowest BCUT2D eigenvalue weighted by atomic mass is 10.1. The Kier molecular flexibility index (Phi) is 8.34. The molecule has 0 heterocycles. The predicted molar refractivity (Wildman–Crippen MR) is 71.5 cm³/mol. The van der Waals surface area contributed by atoms with Gasteiger partial charge in [0.2, 0.25) is 0 Å². The highest BCUT2D eigenvalue weighted by Crippen LogP contribution is 2.04. The molecule has 0 aliphatic rings. The summed E-state index contributed by atoms with van der Waals surface area (Å²) in [6, 6.07) is 0.772. The Morgan fingerprint density at radius 1 is 1.42 bits per heavy atom. The number of hydrogen-bond donors (Lipinski definition) is 2. The number of aliphatic carboxylic acids is 1. The number of nitrogens with zero attached hydrogens (tertiary/aromatic N) is 2. The fourth-order valence-electron chi connectivity index (χ4n) is 1.63. The molecule has 0 saturated carbocycles. The maximum Gasteiger partial charge on any atom is 0.326 e. The second-order valence-corrected chi connectivity index (χ2v) is 4.55. The molecule has 108 valence electrons. The minimum atomic E-state index is -1.02. The van der Waals surface area contributed by atoms with Crippen LogP contribution in [0.2, 0.25) is 0 Å². The summed E-state index contributed by atoms with van der Waals surface area (Å²) in [7, 11) is 0. The average Bonchev–Trinajstić information content (AvgIpc) is 2.39. The van der Waals surface area contributed by atoms with E-state index >= 15 is 0 Å². The van der Waals surface area contributed by atoms with Crippen molar-refractivity contribution in [2.75, 3.05) is 13.1 Å². The van der Waals surface area contributed by atoms with E-state index in [2.05, 4.69) is 11.4 Å². The second-order valence-electron chi connectivity index (χ2n) is 4.55.